The molecule has 0 saturated carbocycles. The van der Waals surface area contributed by atoms with E-state index in [1.165, 1.54) is 7.11 Å². The summed E-state index contributed by atoms with van der Waals surface area (Å²) in [5, 5.41) is 0. The number of rotatable bonds is 7. The van der Waals surface area contributed by atoms with E-state index < -0.39 is 47.0 Å². The number of ether oxygens (including phenoxy) is 4. The second-order valence-corrected chi connectivity index (χ2v) is 10.0. The molecule has 1 amide bonds. The van der Waals surface area contributed by atoms with Crippen LogP contribution in [0.4, 0.5) is 0 Å². The SMILES string of the molecule is CCOC(=O)C1(c2ccccc2OC)C(=O)N2[C@@H](c3ccccc3)OC[C@@H]2[C@H]1CC(=O)OC(C)(C)C. The van der Waals surface area contributed by atoms with Crippen molar-refractivity contribution < 1.29 is 33.3 Å². The van der Waals surface area contributed by atoms with Crippen LogP contribution < -0.4 is 4.74 Å². The summed E-state index contributed by atoms with van der Waals surface area (Å²) in [6, 6.07) is 15.7. The average Bonchev–Trinajstić information content (AvgIpc) is 3.37. The molecule has 8 heteroatoms. The highest BCUT2D eigenvalue weighted by Crippen LogP contribution is 2.54. The van der Waals surface area contributed by atoms with Crippen LogP contribution in [0.15, 0.2) is 54.6 Å². The molecule has 0 aromatic heterocycles. The Morgan fingerprint density at radius 3 is 2.39 bits per heavy atom. The maximum Gasteiger partial charge on any atom is 0.326 e. The number of methoxy groups -OCH3 is 1. The Labute approximate surface area is 211 Å². The molecule has 2 aliphatic rings. The molecular weight excluding hydrogens is 462 g/mol. The number of nitrogens with zero attached hydrogens (tertiary/aromatic N) is 1. The number of carbonyl (C=O) groups is 3. The van der Waals surface area contributed by atoms with Crippen molar-refractivity contribution in [3.05, 3.63) is 65.7 Å². The van der Waals surface area contributed by atoms with Crippen LogP contribution >= 0.6 is 0 Å². The van der Waals surface area contributed by atoms with Crippen LogP contribution in [0.1, 0.15) is 51.5 Å². The second-order valence-electron chi connectivity index (χ2n) is 10.0. The number of carbonyl (C=O) groups excluding carboxylic acids is 3. The molecule has 1 unspecified atom stereocenters. The van der Waals surface area contributed by atoms with Crippen LogP contribution in [0.25, 0.3) is 0 Å². The number of benzene rings is 2. The number of amides is 1. The molecule has 2 aromatic rings. The van der Waals surface area contributed by atoms with Gasteiger partial charge in [-0.05, 0) is 33.8 Å². The molecule has 2 saturated heterocycles. The molecule has 2 aromatic carbocycles. The quantitative estimate of drug-likeness (QED) is 0.426. The summed E-state index contributed by atoms with van der Waals surface area (Å²) in [6.45, 7) is 7.26. The molecule has 0 spiro atoms. The predicted octanol–water partition coefficient (Wildman–Crippen LogP) is 3.78. The largest absolute Gasteiger partial charge is 0.496 e. The van der Waals surface area contributed by atoms with Crippen molar-refractivity contribution in [2.45, 2.75) is 57.4 Å². The molecule has 8 nitrogen and oxygen atoms in total. The van der Waals surface area contributed by atoms with Gasteiger partial charge in [0.15, 0.2) is 11.6 Å². The first-order valence-electron chi connectivity index (χ1n) is 12.2. The zero-order valence-electron chi connectivity index (χ0n) is 21.4. The van der Waals surface area contributed by atoms with Crippen molar-refractivity contribution in [1.82, 2.24) is 4.90 Å². The fourth-order valence-corrected chi connectivity index (χ4v) is 5.35. The molecule has 0 radical (unpaired) electrons. The molecule has 2 heterocycles. The van der Waals surface area contributed by atoms with Crippen molar-refractivity contribution in [3.63, 3.8) is 0 Å². The first kappa shape index (κ1) is 25.7. The Morgan fingerprint density at radius 2 is 1.75 bits per heavy atom. The van der Waals surface area contributed by atoms with Crippen molar-refractivity contribution in [2.75, 3.05) is 20.3 Å². The van der Waals surface area contributed by atoms with Crippen LogP contribution in [0.2, 0.25) is 0 Å². The number of para-hydroxylation sites is 1. The normalized spacial score (nSPS) is 25.4. The summed E-state index contributed by atoms with van der Waals surface area (Å²) >= 11 is 0. The van der Waals surface area contributed by atoms with Gasteiger partial charge in [0.2, 0.25) is 5.91 Å². The van der Waals surface area contributed by atoms with Gasteiger partial charge in [0.25, 0.3) is 0 Å². The van der Waals surface area contributed by atoms with Crippen LogP contribution in [-0.2, 0) is 34.0 Å². The smallest absolute Gasteiger partial charge is 0.326 e. The molecule has 0 bridgehead atoms. The van der Waals surface area contributed by atoms with E-state index in [0.29, 0.717) is 11.3 Å². The summed E-state index contributed by atoms with van der Waals surface area (Å²) in [5.41, 5.74) is -1.38. The molecule has 192 valence electrons. The molecule has 4 atom stereocenters. The van der Waals surface area contributed by atoms with Gasteiger partial charge in [0, 0.05) is 17.0 Å². The van der Waals surface area contributed by atoms with Crippen molar-refractivity contribution in [3.8, 4) is 5.75 Å². The lowest BCUT2D eigenvalue weighted by Crippen LogP contribution is -2.50. The topological polar surface area (TPSA) is 91.4 Å². The standard InChI is InChI=1S/C28H33NO7/c1-6-34-26(32)28(19-14-10-11-15-22(19)33-5)20(16-23(30)36-27(2,3)4)21-17-35-24(29(21)25(28)31)18-12-8-7-9-13-18/h7-15,20-21,24H,6,16-17H2,1-5H3/t20-,21-,24-,28?/m1/s1. The average molecular weight is 496 g/mol. The number of esters is 2. The van der Waals surface area contributed by atoms with Gasteiger partial charge in [-0.1, -0.05) is 48.5 Å². The molecule has 2 aliphatic heterocycles. The van der Waals surface area contributed by atoms with Crippen LogP contribution in [0.5, 0.6) is 5.75 Å². The summed E-state index contributed by atoms with van der Waals surface area (Å²) in [5.74, 6) is -2.13. The molecule has 4 rings (SSSR count). The van der Waals surface area contributed by atoms with Gasteiger partial charge >= 0.3 is 11.9 Å². The highest BCUT2D eigenvalue weighted by atomic mass is 16.6. The minimum absolute atomic E-state index is 0.0749. The first-order chi connectivity index (χ1) is 17.1. The van der Waals surface area contributed by atoms with Crippen molar-refractivity contribution in [1.29, 1.82) is 0 Å². The van der Waals surface area contributed by atoms with Gasteiger partial charge in [-0.2, -0.15) is 0 Å². The molecule has 0 aliphatic carbocycles. The summed E-state index contributed by atoms with van der Waals surface area (Å²) in [6.07, 6.45) is -0.873. The van der Waals surface area contributed by atoms with Gasteiger partial charge in [-0.15, -0.1) is 0 Å². The fraction of sp³-hybridized carbons (Fsp3) is 0.464. The highest BCUT2D eigenvalue weighted by molar-refractivity contribution is 6.12. The predicted molar refractivity (Wildman–Crippen MR) is 131 cm³/mol. The highest BCUT2D eigenvalue weighted by Gasteiger charge is 2.69. The third kappa shape index (κ3) is 4.34. The van der Waals surface area contributed by atoms with E-state index in [1.54, 1.807) is 56.9 Å². The fourth-order valence-electron chi connectivity index (χ4n) is 5.35. The van der Waals surface area contributed by atoms with E-state index in [4.69, 9.17) is 18.9 Å². The third-order valence-electron chi connectivity index (χ3n) is 6.65. The van der Waals surface area contributed by atoms with E-state index in [2.05, 4.69) is 0 Å². The Morgan fingerprint density at radius 1 is 1.08 bits per heavy atom. The number of hydrogen-bond acceptors (Lipinski definition) is 7. The maximum atomic E-state index is 14.5. The van der Waals surface area contributed by atoms with Crippen molar-refractivity contribution in [2.24, 2.45) is 5.92 Å². The van der Waals surface area contributed by atoms with Gasteiger partial charge < -0.3 is 23.8 Å². The Balaban J connectivity index is 1.90. The Hall–Kier alpha value is -3.39. The molecule has 2 fully saturated rings. The zero-order valence-corrected chi connectivity index (χ0v) is 21.4. The van der Waals surface area contributed by atoms with Crippen molar-refractivity contribution >= 4 is 17.8 Å². The molecule has 0 N–H and O–H groups in total. The lowest BCUT2D eigenvalue weighted by Gasteiger charge is -2.34. The van der Waals surface area contributed by atoms with Gasteiger partial charge in [0.1, 0.15) is 11.4 Å². The maximum absolute atomic E-state index is 14.5. The van der Waals surface area contributed by atoms with Gasteiger partial charge in [-0.25, -0.2) is 0 Å². The molecular formula is C28H33NO7. The monoisotopic (exact) mass is 495 g/mol. The van der Waals surface area contributed by atoms with E-state index in [9.17, 15) is 14.4 Å². The number of hydrogen-bond donors (Lipinski definition) is 0. The Bertz CT molecular complexity index is 1130. The minimum Gasteiger partial charge on any atom is -0.496 e. The number of fused-ring (bicyclic) bond motifs is 1. The van der Waals surface area contributed by atoms with E-state index in [1.807, 2.05) is 30.3 Å². The summed E-state index contributed by atoms with van der Waals surface area (Å²) in [4.78, 5) is 43.1. The Kier molecular flexibility index (Phi) is 7.09. The summed E-state index contributed by atoms with van der Waals surface area (Å²) in [7, 11) is 1.48. The third-order valence-corrected chi connectivity index (χ3v) is 6.65. The second kappa shape index (κ2) is 9.93. The minimum atomic E-state index is -1.80. The van der Waals surface area contributed by atoms with E-state index in [-0.39, 0.29) is 19.6 Å². The van der Waals surface area contributed by atoms with Crippen LogP contribution in [0, 0.1) is 5.92 Å². The van der Waals surface area contributed by atoms with E-state index in [0.717, 1.165) is 5.56 Å². The lowest BCUT2D eigenvalue weighted by atomic mass is 9.68. The zero-order chi connectivity index (χ0) is 26.1. The van der Waals surface area contributed by atoms with Gasteiger partial charge in [-0.3, -0.25) is 14.4 Å². The van der Waals surface area contributed by atoms with Crippen LogP contribution in [-0.4, -0.2) is 54.7 Å². The lowest BCUT2D eigenvalue weighted by molar-refractivity contribution is -0.161. The van der Waals surface area contributed by atoms with E-state index >= 15 is 0 Å². The summed E-state index contributed by atoms with van der Waals surface area (Å²) < 4.78 is 22.9. The van der Waals surface area contributed by atoms with Crippen LogP contribution in [0.3, 0.4) is 0 Å². The first-order valence-corrected chi connectivity index (χ1v) is 12.2. The van der Waals surface area contributed by atoms with Gasteiger partial charge in [0.05, 0.1) is 32.8 Å². The molecule has 36 heavy (non-hydrogen) atoms.